The maximum Gasteiger partial charge on any atom is 0.240 e. The fourth-order valence-corrected chi connectivity index (χ4v) is 1.55. The first-order valence-electron chi connectivity index (χ1n) is 4.89. The summed E-state index contributed by atoms with van der Waals surface area (Å²) in [5, 5.41) is 0. The van der Waals surface area contributed by atoms with Crippen LogP contribution in [0.1, 0.15) is 30.3 Å². The number of nitrogens with one attached hydrogen (secondary N) is 1. The summed E-state index contributed by atoms with van der Waals surface area (Å²) in [6.07, 6.45) is 3.69. The lowest BCUT2D eigenvalue weighted by Crippen LogP contribution is -2.28. The first-order chi connectivity index (χ1) is 6.66. The third kappa shape index (κ3) is 1.96. The molecule has 0 aliphatic heterocycles. The third-order valence-electron chi connectivity index (χ3n) is 2.62. The number of amides is 1. The van der Waals surface area contributed by atoms with Gasteiger partial charge in [0, 0.05) is 11.4 Å². The quantitative estimate of drug-likeness (QED) is 0.648. The van der Waals surface area contributed by atoms with Gasteiger partial charge in [-0.15, -0.1) is 0 Å². The number of aromatic nitrogens is 1. The second-order valence-corrected chi connectivity index (χ2v) is 3.97. The van der Waals surface area contributed by atoms with E-state index in [2.05, 4.69) is 4.98 Å². The zero-order valence-corrected chi connectivity index (χ0v) is 7.99. The number of hydrogen-bond acceptors (Lipinski definition) is 2. The van der Waals surface area contributed by atoms with Gasteiger partial charge in [-0.1, -0.05) is 0 Å². The number of primary amides is 1. The highest BCUT2D eigenvalue weighted by Gasteiger charge is 2.22. The molecule has 1 aliphatic rings. The number of carbonyl (C=O) groups is 1. The van der Waals surface area contributed by atoms with Crippen LogP contribution >= 0.6 is 0 Å². The van der Waals surface area contributed by atoms with Crippen molar-refractivity contribution in [3.63, 3.8) is 0 Å². The van der Waals surface area contributed by atoms with E-state index in [9.17, 15) is 4.79 Å². The molecular formula is C10H15N3O. The van der Waals surface area contributed by atoms with Crippen molar-refractivity contribution in [3.05, 3.63) is 23.5 Å². The molecule has 1 amide bonds. The number of aromatic amines is 1. The molecular weight excluding hydrogens is 178 g/mol. The van der Waals surface area contributed by atoms with Gasteiger partial charge in [-0.05, 0) is 37.3 Å². The van der Waals surface area contributed by atoms with Gasteiger partial charge in [0.2, 0.25) is 5.91 Å². The van der Waals surface area contributed by atoms with E-state index in [4.69, 9.17) is 11.5 Å². The first kappa shape index (κ1) is 9.27. The van der Waals surface area contributed by atoms with Gasteiger partial charge in [-0.2, -0.15) is 0 Å². The molecule has 1 aromatic rings. The van der Waals surface area contributed by atoms with E-state index >= 15 is 0 Å². The summed E-state index contributed by atoms with van der Waals surface area (Å²) < 4.78 is 0. The Labute approximate surface area is 82.7 Å². The lowest BCUT2D eigenvalue weighted by Gasteiger charge is -2.03. The molecule has 2 rings (SSSR count). The molecule has 1 unspecified atom stereocenters. The van der Waals surface area contributed by atoms with E-state index in [0.717, 1.165) is 18.0 Å². The Morgan fingerprint density at radius 2 is 2.29 bits per heavy atom. The summed E-state index contributed by atoms with van der Waals surface area (Å²) >= 11 is 0. The Balaban J connectivity index is 2.04. The Hall–Kier alpha value is -1.29. The molecule has 1 aliphatic carbocycles. The fraction of sp³-hybridized carbons (Fsp3) is 0.500. The van der Waals surface area contributed by atoms with Crippen LogP contribution in [0.5, 0.6) is 0 Å². The summed E-state index contributed by atoms with van der Waals surface area (Å²) in [7, 11) is 0. The summed E-state index contributed by atoms with van der Waals surface area (Å²) in [6.45, 7) is 0. The number of H-pyrrole nitrogens is 1. The molecule has 1 heterocycles. The molecule has 0 radical (unpaired) electrons. The maximum absolute atomic E-state index is 10.8. The van der Waals surface area contributed by atoms with Crippen molar-refractivity contribution in [2.75, 3.05) is 0 Å². The van der Waals surface area contributed by atoms with Gasteiger partial charge in [0.1, 0.15) is 6.04 Å². The lowest BCUT2D eigenvalue weighted by molar-refractivity contribution is -0.119. The van der Waals surface area contributed by atoms with Crippen molar-refractivity contribution >= 4 is 5.91 Å². The Bertz CT molecular complexity index is 341. The standard InChI is InChI=1S/C10H15N3O/c11-9(10(12)14)8-4-3-7(13-8)5-6-1-2-6/h3-4,6,9,13H,1-2,5,11H2,(H2,12,14). The first-order valence-corrected chi connectivity index (χ1v) is 4.89. The molecule has 14 heavy (non-hydrogen) atoms. The van der Waals surface area contributed by atoms with Crippen LogP contribution in [0.2, 0.25) is 0 Å². The van der Waals surface area contributed by atoms with Crippen LogP contribution in [-0.4, -0.2) is 10.9 Å². The molecule has 0 bridgehead atoms. The van der Waals surface area contributed by atoms with Crippen molar-refractivity contribution in [2.45, 2.75) is 25.3 Å². The normalized spacial score (nSPS) is 18.1. The van der Waals surface area contributed by atoms with Gasteiger partial charge < -0.3 is 16.5 Å². The third-order valence-corrected chi connectivity index (χ3v) is 2.62. The van der Waals surface area contributed by atoms with Crippen LogP contribution in [0, 0.1) is 5.92 Å². The van der Waals surface area contributed by atoms with Crippen molar-refractivity contribution < 1.29 is 4.79 Å². The second-order valence-electron chi connectivity index (χ2n) is 3.97. The topological polar surface area (TPSA) is 84.9 Å². The Kier molecular flexibility index (Phi) is 2.29. The highest BCUT2D eigenvalue weighted by Crippen LogP contribution is 2.32. The number of rotatable bonds is 4. The van der Waals surface area contributed by atoms with E-state index in [1.54, 1.807) is 0 Å². The van der Waals surface area contributed by atoms with E-state index < -0.39 is 11.9 Å². The van der Waals surface area contributed by atoms with E-state index in [1.165, 1.54) is 12.8 Å². The molecule has 1 saturated carbocycles. The van der Waals surface area contributed by atoms with Crippen LogP contribution in [0.4, 0.5) is 0 Å². The van der Waals surface area contributed by atoms with Gasteiger partial charge in [0.15, 0.2) is 0 Å². The van der Waals surface area contributed by atoms with Gasteiger partial charge in [-0.25, -0.2) is 0 Å². The van der Waals surface area contributed by atoms with E-state index in [0.29, 0.717) is 5.69 Å². The van der Waals surface area contributed by atoms with Gasteiger partial charge in [0.05, 0.1) is 0 Å². The molecule has 0 saturated heterocycles. The van der Waals surface area contributed by atoms with Gasteiger partial charge in [-0.3, -0.25) is 4.79 Å². The SMILES string of the molecule is NC(=O)C(N)c1ccc(CC2CC2)[nH]1. The lowest BCUT2D eigenvalue weighted by atomic mass is 10.2. The predicted molar refractivity (Wildman–Crippen MR) is 53.3 cm³/mol. The van der Waals surface area contributed by atoms with Crippen LogP contribution in [0.25, 0.3) is 0 Å². The number of nitrogens with two attached hydrogens (primary N) is 2. The summed E-state index contributed by atoms with van der Waals surface area (Å²) in [5.74, 6) is 0.330. The summed E-state index contributed by atoms with van der Waals surface area (Å²) in [4.78, 5) is 14.0. The molecule has 0 spiro atoms. The van der Waals surface area contributed by atoms with Gasteiger partial charge in [0.25, 0.3) is 0 Å². The Morgan fingerprint density at radius 1 is 1.57 bits per heavy atom. The molecule has 1 aromatic heterocycles. The number of hydrogen-bond donors (Lipinski definition) is 3. The van der Waals surface area contributed by atoms with E-state index in [-0.39, 0.29) is 0 Å². The molecule has 0 aromatic carbocycles. The summed E-state index contributed by atoms with van der Waals surface area (Å²) in [6, 6.07) is 3.12. The van der Waals surface area contributed by atoms with Crippen molar-refractivity contribution in [3.8, 4) is 0 Å². The smallest absolute Gasteiger partial charge is 0.240 e. The minimum absolute atomic E-state index is 0.496. The Morgan fingerprint density at radius 3 is 2.86 bits per heavy atom. The maximum atomic E-state index is 10.8. The molecule has 5 N–H and O–H groups in total. The van der Waals surface area contributed by atoms with Crippen LogP contribution < -0.4 is 11.5 Å². The molecule has 4 nitrogen and oxygen atoms in total. The zero-order chi connectivity index (χ0) is 10.1. The monoisotopic (exact) mass is 193 g/mol. The average Bonchev–Trinajstić information content (AvgIpc) is 2.81. The molecule has 1 fully saturated rings. The highest BCUT2D eigenvalue weighted by molar-refractivity contribution is 5.80. The van der Waals surface area contributed by atoms with Crippen LogP contribution in [0.15, 0.2) is 12.1 Å². The molecule has 4 heteroatoms. The average molecular weight is 193 g/mol. The second kappa shape index (κ2) is 3.46. The highest BCUT2D eigenvalue weighted by atomic mass is 16.1. The van der Waals surface area contributed by atoms with Crippen LogP contribution in [0.3, 0.4) is 0 Å². The summed E-state index contributed by atoms with van der Waals surface area (Å²) in [5.41, 5.74) is 12.6. The van der Waals surface area contributed by atoms with Crippen molar-refractivity contribution in [1.29, 1.82) is 0 Å². The van der Waals surface area contributed by atoms with Gasteiger partial charge >= 0.3 is 0 Å². The largest absolute Gasteiger partial charge is 0.368 e. The van der Waals surface area contributed by atoms with Crippen molar-refractivity contribution in [2.24, 2.45) is 17.4 Å². The fourth-order valence-electron chi connectivity index (χ4n) is 1.55. The predicted octanol–water partition coefficient (Wildman–Crippen LogP) is 0.452. The number of carbonyl (C=O) groups excluding carboxylic acids is 1. The van der Waals surface area contributed by atoms with E-state index in [1.807, 2.05) is 12.1 Å². The van der Waals surface area contributed by atoms with Crippen LogP contribution in [-0.2, 0) is 11.2 Å². The van der Waals surface area contributed by atoms with Crippen molar-refractivity contribution in [1.82, 2.24) is 4.98 Å². The minimum atomic E-state index is -0.706. The molecule has 1 atom stereocenters. The molecule has 76 valence electrons. The minimum Gasteiger partial charge on any atom is -0.368 e. The zero-order valence-electron chi connectivity index (χ0n) is 7.99.